The first-order chi connectivity index (χ1) is 9.56. The number of amides is 1. The molecule has 0 aliphatic carbocycles. The monoisotopic (exact) mass is 285 g/mol. The Morgan fingerprint density at radius 3 is 2.60 bits per heavy atom. The summed E-state index contributed by atoms with van der Waals surface area (Å²) >= 11 is 4.89. The summed E-state index contributed by atoms with van der Waals surface area (Å²) in [7, 11) is 0. The molecule has 2 rings (SSSR count). The van der Waals surface area contributed by atoms with E-state index in [-0.39, 0.29) is 5.91 Å². The van der Waals surface area contributed by atoms with Gasteiger partial charge in [-0.2, -0.15) is 0 Å². The summed E-state index contributed by atoms with van der Waals surface area (Å²) in [6.45, 7) is 1.90. The van der Waals surface area contributed by atoms with Gasteiger partial charge >= 0.3 is 0 Å². The normalized spacial score (nSPS) is 10.1. The number of hydrogen-bond donors (Lipinski definition) is 2. The summed E-state index contributed by atoms with van der Waals surface area (Å²) in [6.07, 6.45) is 3.67. The summed E-state index contributed by atoms with van der Waals surface area (Å²) in [5.74, 6) is -0.0672. The maximum atomic E-state index is 12.0. The first-order valence-corrected chi connectivity index (χ1v) is 6.56. The van der Waals surface area contributed by atoms with Crippen molar-refractivity contribution in [1.29, 1.82) is 0 Å². The van der Waals surface area contributed by atoms with Gasteiger partial charge in [-0.05, 0) is 24.1 Å². The molecule has 0 unspecified atom stereocenters. The Kier molecular flexibility index (Phi) is 4.42. The van der Waals surface area contributed by atoms with E-state index < -0.39 is 0 Å². The van der Waals surface area contributed by atoms with Gasteiger partial charge in [0.15, 0.2) is 0 Å². The van der Waals surface area contributed by atoms with Crippen molar-refractivity contribution in [2.24, 2.45) is 5.73 Å². The maximum Gasteiger partial charge on any atom is 0.228 e. The molecule has 0 saturated carbocycles. The van der Waals surface area contributed by atoms with Crippen LogP contribution >= 0.6 is 12.2 Å². The zero-order chi connectivity index (χ0) is 14.5. The summed E-state index contributed by atoms with van der Waals surface area (Å²) in [4.78, 5) is 16.3. The van der Waals surface area contributed by atoms with Crippen LogP contribution in [0.25, 0.3) is 0 Å². The second-order valence-electron chi connectivity index (χ2n) is 4.48. The summed E-state index contributed by atoms with van der Waals surface area (Å²) in [6, 6.07) is 9.13. The maximum absolute atomic E-state index is 12.0. The number of rotatable bonds is 4. The SMILES string of the molecule is Cc1cnccc1NC(=O)Cc1ccc(C(N)=S)cc1. The lowest BCUT2D eigenvalue weighted by Crippen LogP contribution is -2.15. The third-order valence-corrected chi connectivity index (χ3v) is 3.13. The van der Waals surface area contributed by atoms with Crippen LogP contribution < -0.4 is 11.1 Å². The summed E-state index contributed by atoms with van der Waals surface area (Å²) in [5.41, 5.74) is 8.96. The van der Waals surface area contributed by atoms with E-state index >= 15 is 0 Å². The molecular weight excluding hydrogens is 270 g/mol. The van der Waals surface area contributed by atoms with E-state index in [0.717, 1.165) is 22.4 Å². The van der Waals surface area contributed by atoms with Crippen LogP contribution in [0.2, 0.25) is 0 Å². The van der Waals surface area contributed by atoms with Crippen LogP contribution in [0.5, 0.6) is 0 Å². The van der Waals surface area contributed by atoms with Crippen molar-refractivity contribution in [3.8, 4) is 0 Å². The third kappa shape index (κ3) is 3.61. The van der Waals surface area contributed by atoms with Gasteiger partial charge in [-0.3, -0.25) is 9.78 Å². The number of carbonyl (C=O) groups excluding carboxylic acids is 1. The minimum absolute atomic E-state index is 0.0672. The minimum Gasteiger partial charge on any atom is -0.389 e. The van der Waals surface area contributed by atoms with Gasteiger partial charge in [0.2, 0.25) is 5.91 Å². The molecule has 0 saturated heterocycles. The molecule has 0 bridgehead atoms. The second kappa shape index (κ2) is 6.25. The van der Waals surface area contributed by atoms with E-state index in [1.54, 1.807) is 18.5 Å². The van der Waals surface area contributed by atoms with Crippen LogP contribution in [0.4, 0.5) is 5.69 Å². The van der Waals surface area contributed by atoms with Gasteiger partial charge in [-0.25, -0.2) is 0 Å². The molecule has 5 heteroatoms. The van der Waals surface area contributed by atoms with Crippen molar-refractivity contribution in [3.63, 3.8) is 0 Å². The van der Waals surface area contributed by atoms with Crippen molar-refractivity contribution in [1.82, 2.24) is 4.98 Å². The molecule has 0 atom stereocenters. The van der Waals surface area contributed by atoms with E-state index in [1.807, 2.05) is 31.2 Å². The number of hydrogen-bond acceptors (Lipinski definition) is 3. The molecule has 20 heavy (non-hydrogen) atoms. The summed E-state index contributed by atoms with van der Waals surface area (Å²) in [5, 5.41) is 2.87. The van der Waals surface area contributed by atoms with Gasteiger partial charge < -0.3 is 11.1 Å². The van der Waals surface area contributed by atoms with Crippen LogP contribution in [-0.4, -0.2) is 15.9 Å². The molecule has 0 fully saturated rings. The Morgan fingerprint density at radius 2 is 2.00 bits per heavy atom. The molecule has 3 N–H and O–H groups in total. The highest BCUT2D eigenvalue weighted by molar-refractivity contribution is 7.80. The zero-order valence-electron chi connectivity index (χ0n) is 11.1. The molecule has 102 valence electrons. The highest BCUT2D eigenvalue weighted by Crippen LogP contribution is 2.12. The number of nitrogens with two attached hydrogens (primary N) is 1. The summed E-state index contributed by atoms with van der Waals surface area (Å²) < 4.78 is 0. The minimum atomic E-state index is -0.0672. The largest absolute Gasteiger partial charge is 0.389 e. The molecule has 0 aliphatic rings. The first-order valence-electron chi connectivity index (χ1n) is 6.15. The van der Waals surface area contributed by atoms with Gasteiger partial charge in [0.1, 0.15) is 4.99 Å². The Morgan fingerprint density at radius 1 is 1.30 bits per heavy atom. The molecule has 0 aliphatic heterocycles. The number of nitrogens with one attached hydrogen (secondary N) is 1. The van der Waals surface area contributed by atoms with Gasteiger partial charge in [-0.15, -0.1) is 0 Å². The van der Waals surface area contributed by atoms with E-state index in [2.05, 4.69) is 10.3 Å². The topological polar surface area (TPSA) is 68.0 Å². The van der Waals surface area contributed by atoms with E-state index in [0.29, 0.717) is 11.4 Å². The first kappa shape index (κ1) is 14.1. The predicted octanol–water partition coefficient (Wildman–Crippen LogP) is 2.21. The Balaban J connectivity index is 2.01. The molecule has 1 aromatic heterocycles. The average Bonchev–Trinajstić information content (AvgIpc) is 2.42. The Hall–Kier alpha value is -2.27. The van der Waals surface area contributed by atoms with Crippen molar-refractivity contribution in [3.05, 3.63) is 59.4 Å². The van der Waals surface area contributed by atoms with E-state index in [9.17, 15) is 4.79 Å². The van der Waals surface area contributed by atoms with Crippen LogP contribution in [0.15, 0.2) is 42.7 Å². The number of aromatic nitrogens is 1. The molecule has 4 nitrogen and oxygen atoms in total. The highest BCUT2D eigenvalue weighted by atomic mass is 32.1. The van der Waals surface area contributed by atoms with Crippen LogP contribution in [0.3, 0.4) is 0 Å². The van der Waals surface area contributed by atoms with Crippen molar-refractivity contribution in [2.75, 3.05) is 5.32 Å². The Bertz CT molecular complexity index is 638. The van der Waals surface area contributed by atoms with Gasteiger partial charge in [0.25, 0.3) is 0 Å². The van der Waals surface area contributed by atoms with E-state index in [4.69, 9.17) is 18.0 Å². The fourth-order valence-corrected chi connectivity index (χ4v) is 1.92. The van der Waals surface area contributed by atoms with Crippen molar-refractivity contribution < 1.29 is 4.79 Å². The van der Waals surface area contributed by atoms with Gasteiger partial charge in [-0.1, -0.05) is 36.5 Å². The quantitative estimate of drug-likeness (QED) is 0.845. The highest BCUT2D eigenvalue weighted by Gasteiger charge is 2.06. The third-order valence-electron chi connectivity index (χ3n) is 2.90. The number of nitrogens with zero attached hydrogens (tertiary/aromatic N) is 1. The fourth-order valence-electron chi connectivity index (χ4n) is 1.78. The number of pyridine rings is 1. The number of carbonyl (C=O) groups is 1. The van der Waals surface area contributed by atoms with Crippen LogP contribution in [0, 0.1) is 6.92 Å². The van der Waals surface area contributed by atoms with Crippen LogP contribution in [0.1, 0.15) is 16.7 Å². The van der Waals surface area contributed by atoms with E-state index in [1.165, 1.54) is 0 Å². The molecule has 2 aromatic rings. The van der Waals surface area contributed by atoms with Crippen molar-refractivity contribution in [2.45, 2.75) is 13.3 Å². The zero-order valence-corrected chi connectivity index (χ0v) is 11.9. The molecule has 0 spiro atoms. The fraction of sp³-hybridized carbons (Fsp3) is 0.133. The molecule has 1 aromatic carbocycles. The molecule has 1 amide bonds. The van der Waals surface area contributed by atoms with Crippen LogP contribution in [-0.2, 0) is 11.2 Å². The second-order valence-corrected chi connectivity index (χ2v) is 4.92. The average molecular weight is 285 g/mol. The number of benzene rings is 1. The lowest BCUT2D eigenvalue weighted by atomic mass is 10.1. The Labute approximate surface area is 123 Å². The number of anilines is 1. The van der Waals surface area contributed by atoms with Gasteiger partial charge in [0.05, 0.1) is 6.42 Å². The lowest BCUT2D eigenvalue weighted by molar-refractivity contribution is -0.115. The standard InChI is InChI=1S/C15H15N3OS/c1-10-9-17-7-6-13(10)18-14(19)8-11-2-4-12(5-3-11)15(16)20/h2-7,9H,8H2,1H3,(H2,16,20)(H,17,18,19). The predicted molar refractivity (Wildman–Crippen MR) is 83.6 cm³/mol. The molecule has 0 radical (unpaired) electrons. The molecular formula is C15H15N3OS. The van der Waals surface area contributed by atoms with Crippen molar-refractivity contribution >= 4 is 28.8 Å². The lowest BCUT2D eigenvalue weighted by Gasteiger charge is -2.08. The molecule has 1 heterocycles. The number of thiocarbonyl (C=S) groups is 1. The van der Waals surface area contributed by atoms with Gasteiger partial charge in [0, 0.05) is 23.6 Å². The number of aryl methyl sites for hydroxylation is 1. The smallest absolute Gasteiger partial charge is 0.228 e.